The van der Waals surface area contributed by atoms with Gasteiger partial charge in [-0.1, -0.05) is 0 Å². The van der Waals surface area contributed by atoms with Crippen LogP contribution in [0.3, 0.4) is 0 Å². The molecule has 1 atom stereocenters. The van der Waals surface area contributed by atoms with E-state index in [9.17, 15) is 13.2 Å². The van der Waals surface area contributed by atoms with E-state index in [4.69, 9.17) is 4.18 Å². The first-order valence-electron chi connectivity index (χ1n) is 5.72. The lowest BCUT2D eigenvalue weighted by molar-refractivity contribution is -0.118. The lowest BCUT2D eigenvalue weighted by Crippen LogP contribution is -2.31. The van der Waals surface area contributed by atoms with Gasteiger partial charge in [-0.2, -0.15) is 8.42 Å². The molecule has 0 aromatic carbocycles. The third-order valence-corrected chi connectivity index (χ3v) is 3.09. The summed E-state index contributed by atoms with van der Waals surface area (Å²) >= 11 is 0. The van der Waals surface area contributed by atoms with Crippen LogP contribution in [0.1, 0.15) is 13.3 Å². The van der Waals surface area contributed by atoms with E-state index in [2.05, 4.69) is 0 Å². The van der Waals surface area contributed by atoms with Crippen molar-refractivity contribution in [1.82, 2.24) is 9.80 Å². The van der Waals surface area contributed by atoms with E-state index in [0.717, 1.165) is 12.9 Å². The Labute approximate surface area is 108 Å². The van der Waals surface area contributed by atoms with Gasteiger partial charge in [0.1, 0.15) is 5.78 Å². The van der Waals surface area contributed by atoms with Crippen molar-refractivity contribution in [2.45, 2.75) is 13.3 Å². The normalized spacial score (nSPS) is 17.3. The van der Waals surface area contributed by atoms with Gasteiger partial charge in [0.2, 0.25) is 0 Å². The summed E-state index contributed by atoms with van der Waals surface area (Å²) in [6.45, 7) is 2.90. The molecule has 0 aromatic heterocycles. The molecule has 0 N–H and O–H groups in total. The molecule has 0 saturated heterocycles. The summed E-state index contributed by atoms with van der Waals surface area (Å²) in [5.74, 6) is -0.0815. The third kappa shape index (κ3) is 6.02. The number of carbonyl (C=O) groups excluding carboxylic acids is 1. The summed E-state index contributed by atoms with van der Waals surface area (Å²) in [6, 6.07) is 0. The van der Waals surface area contributed by atoms with Crippen LogP contribution in [-0.2, 0) is 19.1 Å². The lowest BCUT2D eigenvalue weighted by Gasteiger charge is -2.23. The Balaban J connectivity index is 2.50. The van der Waals surface area contributed by atoms with Crippen LogP contribution in [0, 0.1) is 5.92 Å². The largest absolute Gasteiger partial charge is 0.362 e. The molecule has 1 heterocycles. The fraction of sp³-hybridized carbons (Fsp3) is 0.727. The summed E-state index contributed by atoms with van der Waals surface area (Å²) in [5.41, 5.74) is 0. The maximum Gasteiger partial charge on any atom is 0.264 e. The molecule has 0 amide bonds. The Morgan fingerprint density at radius 2 is 2.11 bits per heavy atom. The molecular weight excluding hydrogens is 256 g/mol. The van der Waals surface area contributed by atoms with Gasteiger partial charge in [0, 0.05) is 38.3 Å². The van der Waals surface area contributed by atoms with Gasteiger partial charge >= 0.3 is 0 Å². The number of carbonyl (C=O) groups is 1. The highest BCUT2D eigenvalue weighted by Gasteiger charge is 2.19. The molecule has 1 rings (SSSR count). The smallest absolute Gasteiger partial charge is 0.264 e. The van der Waals surface area contributed by atoms with Crippen LogP contribution in [0.4, 0.5) is 0 Å². The molecule has 6 nitrogen and oxygen atoms in total. The Hall–Kier alpha value is -1.08. The van der Waals surface area contributed by atoms with Crippen molar-refractivity contribution in [3.8, 4) is 0 Å². The molecular formula is C11H20N2O4S. The predicted molar refractivity (Wildman–Crippen MR) is 68.1 cm³/mol. The van der Waals surface area contributed by atoms with E-state index in [1.807, 2.05) is 29.2 Å². The summed E-state index contributed by atoms with van der Waals surface area (Å²) in [6.07, 6.45) is 5.20. The zero-order chi connectivity index (χ0) is 13.8. The standard InChI is InChI=1S/C11H20N2O4S/c1-10(14)6-11(8-17-18(3,15)16)7-13-5-4-12(2)9-13/h4-5,11H,6-9H2,1-3H3. The summed E-state index contributed by atoms with van der Waals surface area (Å²) < 4.78 is 26.7. The molecule has 0 radical (unpaired) electrons. The maximum absolute atomic E-state index is 11.2. The second-order valence-corrected chi connectivity index (χ2v) is 6.37. The number of rotatable bonds is 7. The van der Waals surface area contributed by atoms with Crippen LogP contribution in [-0.4, -0.2) is 57.1 Å². The van der Waals surface area contributed by atoms with Gasteiger partial charge in [0.05, 0.1) is 19.5 Å². The SMILES string of the molecule is CC(=O)CC(COS(C)(=O)=O)CN1C=CN(C)C1. The molecule has 0 spiro atoms. The van der Waals surface area contributed by atoms with Gasteiger partial charge in [-0.3, -0.25) is 4.18 Å². The van der Waals surface area contributed by atoms with Crippen molar-refractivity contribution in [1.29, 1.82) is 0 Å². The van der Waals surface area contributed by atoms with Crippen LogP contribution in [0.15, 0.2) is 12.4 Å². The Kier molecular flexibility index (Phi) is 5.15. The zero-order valence-corrected chi connectivity index (χ0v) is 11.8. The fourth-order valence-corrected chi connectivity index (χ4v) is 2.28. The van der Waals surface area contributed by atoms with Crippen molar-refractivity contribution < 1.29 is 17.4 Å². The van der Waals surface area contributed by atoms with Crippen LogP contribution < -0.4 is 0 Å². The second kappa shape index (κ2) is 6.19. The fourth-order valence-electron chi connectivity index (χ4n) is 1.84. The Bertz CT molecular complexity index is 419. The minimum atomic E-state index is -3.46. The van der Waals surface area contributed by atoms with Gasteiger partial charge in [-0.05, 0) is 6.92 Å². The molecule has 7 heteroatoms. The quantitative estimate of drug-likeness (QED) is 0.620. The van der Waals surface area contributed by atoms with Crippen molar-refractivity contribution >= 4 is 15.9 Å². The highest BCUT2D eigenvalue weighted by Crippen LogP contribution is 2.13. The highest BCUT2D eigenvalue weighted by atomic mass is 32.2. The van der Waals surface area contributed by atoms with Crippen molar-refractivity contribution in [2.24, 2.45) is 5.92 Å². The van der Waals surface area contributed by atoms with Gasteiger partial charge in [-0.25, -0.2) is 0 Å². The van der Waals surface area contributed by atoms with Crippen molar-refractivity contribution in [2.75, 3.05) is 33.1 Å². The molecule has 104 valence electrons. The summed E-state index contributed by atoms with van der Waals surface area (Å²) in [7, 11) is -1.51. The van der Waals surface area contributed by atoms with Gasteiger partial charge in [-0.15, -0.1) is 0 Å². The van der Waals surface area contributed by atoms with E-state index in [1.54, 1.807) is 0 Å². The van der Waals surface area contributed by atoms with E-state index < -0.39 is 10.1 Å². The van der Waals surface area contributed by atoms with E-state index >= 15 is 0 Å². The third-order valence-electron chi connectivity index (χ3n) is 2.52. The van der Waals surface area contributed by atoms with Gasteiger partial charge in [0.25, 0.3) is 10.1 Å². The number of hydrogen-bond donors (Lipinski definition) is 0. The highest BCUT2D eigenvalue weighted by molar-refractivity contribution is 7.85. The monoisotopic (exact) mass is 276 g/mol. The average molecular weight is 276 g/mol. The first-order chi connectivity index (χ1) is 8.26. The number of nitrogens with zero attached hydrogens (tertiary/aromatic N) is 2. The van der Waals surface area contributed by atoms with Crippen LogP contribution in [0.5, 0.6) is 0 Å². The topological polar surface area (TPSA) is 66.9 Å². The Morgan fingerprint density at radius 1 is 1.44 bits per heavy atom. The minimum absolute atomic E-state index is 0.0358. The predicted octanol–water partition coefficient (Wildman–Crippen LogP) is 0.234. The van der Waals surface area contributed by atoms with Crippen LogP contribution in [0.2, 0.25) is 0 Å². The molecule has 1 aliphatic rings. The van der Waals surface area contributed by atoms with E-state index in [-0.39, 0.29) is 18.3 Å². The van der Waals surface area contributed by atoms with Gasteiger partial charge in [0.15, 0.2) is 0 Å². The number of Topliss-reactive ketones (excluding diaryl/α,β-unsaturated/α-hetero) is 1. The lowest BCUT2D eigenvalue weighted by atomic mass is 10.0. The van der Waals surface area contributed by atoms with Crippen molar-refractivity contribution in [3.63, 3.8) is 0 Å². The van der Waals surface area contributed by atoms with Crippen molar-refractivity contribution in [3.05, 3.63) is 12.4 Å². The minimum Gasteiger partial charge on any atom is -0.362 e. The molecule has 0 saturated carbocycles. The van der Waals surface area contributed by atoms with Crippen LogP contribution >= 0.6 is 0 Å². The molecule has 1 aliphatic heterocycles. The summed E-state index contributed by atoms with van der Waals surface area (Å²) in [5, 5.41) is 0. The first kappa shape index (κ1) is 15.0. The second-order valence-electron chi connectivity index (χ2n) is 4.73. The summed E-state index contributed by atoms with van der Waals surface area (Å²) in [4.78, 5) is 15.2. The molecule has 0 aromatic rings. The first-order valence-corrected chi connectivity index (χ1v) is 7.54. The molecule has 0 aliphatic carbocycles. The molecule has 1 unspecified atom stereocenters. The average Bonchev–Trinajstić information content (AvgIpc) is 2.58. The number of hydrogen-bond acceptors (Lipinski definition) is 6. The molecule has 18 heavy (non-hydrogen) atoms. The zero-order valence-electron chi connectivity index (χ0n) is 11.0. The molecule has 0 bridgehead atoms. The molecule has 0 fully saturated rings. The Morgan fingerprint density at radius 3 is 2.56 bits per heavy atom. The van der Waals surface area contributed by atoms with Crippen LogP contribution in [0.25, 0.3) is 0 Å². The van der Waals surface area contributed by atoms with E-state index in [1.165, 1.54) is 6.92 Å². The van der Waals surface area contributed by atoms with Gasteiger partial charge < -0.3 is 14.6 Å². The van der Waals surface area contributed by atoms with E-state index in [0.29, 0.717) is 13.0 Å². The maximum atomic E-state index is 11.2. The number of ketones is 1.